The molecular weight excluding hydrogens is 152 g/mol. The zero-order valence-electron chi connectivity index (χ0n) is 5.33. The first-order chi connectivity index (χ1) is 5.17. The lowest BCUT2D eigenvalue weighted by molar-refractivity contribution is 0.0605. The summed E-state index contributed by atoms with van der Waals surface area (Å²) >= 11 is 0. The summed E-state index contributed by atoms with van der Waals surface area (Å²) in [4.78, 5) is 6.71. The minimum Gasteiger partial charge on any atom is -0.244 e. The summed E-state index contributed by atoms with van der Waals surface area (Å²) in [6.45, 7) is 0. The third-order valence-electron chi connectivity index (χ3n) is 1.06. The Morgan fingerprint density at radius 2 is 1.91 bits per heavy atom. The molecule has 0 spiro atoms. The Hall–Kier alpha value is -1.57. The van der Waals surface area contributed by atoms with Crippen molar-refractivity contribution in [2.45, 2.75) is 5.92 Å². The van der Waals surface area contributed by atoms with Crippen LogP contribution >= 0.6 is 0 Å². The predicted molar refractivity (Wildman–Crippen MR) is 31.5 cm³/mol. The van der Waals surface area contributed by atoms with Crippen LogP contribution in [0, 0.1) is 11.3 Å². The number of rotatable bonds is 1. The second-order valence-electron chi connectivity index (χ2n) is 1.81. The molecular formula is C6H3F2N3. The fourth-order valence-corrected chi connectivity index (χ4v) is 0.526. The largest absolute Gasteiger partial charge is 0.360 e. The fourth-order valence-electron chi connectivity index (χ4n) is 0.526. The van der Waals surface area contributed by atoms with Crippen molar-refractivity contribution < 1.29 is 8.78 Å². The smallest absolute Gasteiger partial charge is 0.244 e. The standard InChI is InChI=1S/C6H3F2N3/c7-6(8,3-9)5-1-10-4-11-2-5/h1-2,4H. The van der Waals surface area contributed by atoms with Gasteiger partial charge in [-0.15, -0.1) is 0 Å². The zero-order chi connectivity index (χ0) is 8.32. The SMILES string of the molecule is N#CC(F)(F)c1cncnc1. The number of nitrogens with zero attached hydrogens (tertiary/aromatic N) is 3. The minimum atomic E-state index is -3.48. The number of hydrogen-bond donors (Lipinski definition) is 0. The summed E-state index contributed by atoms with van der Waals surface area (Å²) in [6, 6.07) is 0.844. The number of hydrogen-bond acceptors (Lipinski definition) is 3. The number of halogens is 2. The van der Waals surface area contributed by atoms with Crippen molar-refractivity contribution in [3.05, 3.63) is 24.3 Å². The summed E-state index contributed by atoms with van der Waals surface area (Å²) in [5.41, 5.74) is -0.484. The quantitative estimate of drug-likeness (QED) is 0.609. The lowest BCUT2D eigenvalue weighted by Gasteiger charge is -2.03. The molecule has 0 radical (unpaired) electrons. The van der Waals surface area contributed by atoms with Crippen LogP contribution in [0.2, 0.25) is 0 Å². The number of aromatic nitrogens is 2. The van der Waals surface area contributed by atoms with Crippen molar-refractivity contribution in [2.75, 3.05) is 0 Å². The van der Waals surface area contributed by atoms with Crippen LogP contribution in [-0.4, -0.2) is 9.97 Å². The highest BCUT2D eigenvalue weighted by molar-refractivity contribution is 5.18. The van der Waals surface area contributed by atoms with E-state index in [1.54, 1.807) is 0 Å². The van der Waals surface area contributed by atoms with Crippen molar-refractivity contribution in [2.24, 2.45) is 0 Å². The molecule has 0 aliphatic rings. The average molecular weight is 155 g/mol. The topological polar surface area (TPSA) is 49.6 Å². The molecule has 0 aromatic carbocycles. The third-order valence-corrected chi connectivity index (χ3v) is 1.06. The summed E-state index contributed by atoms with van der Waals surface area (Å²) in [5.74, 6) is -3.48. The van der Waals surface area contributed by atoms with E-state index >= 15 is 0 Å². The first kappa shape index (κ1) is 7.54. The van der Waals surface area contributed by atoms with Gasteiger partial charge in [0, 0.05) is 12.4 Å². The molecule has 0 unspecified atom stereocenters. The fraction of sp³-hybridized carbons (Fsp3) is 0.167. The summed E-state index contributed by atoms with van der Waals surface area (Å²) in [5, 5.41) is 7.99. The normalized spacial score (nSPS) is 10.6. The van der Waals surface area contributed by atoms with E-state index in [9.17, 15) is 8.78 Å². The van der Waals surface area contributed by atoms with Gasteiger partial charge >= 0.3 is 5.92 Å². The van der Waals surface area contributed by atoms with Gasteiger partial charge in [0.25, 0.3) is 0 Å². The van der Waals surface area contributed by atoms with Crippen LogP contribution in [0.1, 0.15) is 5.56 Å². The summed E-state index contributed by atoms with van der Waals surface area (Å²) < 4.78 is 24.9. The minimum absolute atomic E-state index is 0.484. The van der Waals surface area contributed by atoms with E-state index in [0.717, 1.165) is 24.8 Å². The third kappa shape index (κ3) is 1.46. The van der Waals surface area contributed by atoms with Gasteiger partial charge in [-0.25, -0.2) is 9.97 Å². The molecule has 1 heterocycles. The van der Waals surface area contributed by atoms with Gasteiger partial charge in [-0.2, -0.15) is 14.0 Å². The second kappa shape index (κ2) is 2.58. The molecule has 1 aromatic rings. The van der Waals surface area contributed by atoms with Crippen LogP contribution in [0.15, 0.2) is 18.7 Å². The highest BCUT2D eigenvalue weighted by Crippen LogP contribution is 2.24. The van der Waals surface area contributed by atoms with Crippen molar-refractivity contribution >= 4 is 0 Å². The van der Waals surface area contributed by atoms with Crippen LogP contribution in [0.25, 0.3) is 0 Å². The van der Waals surface area contributed by atoms with Crippen molar-refractivity contribution in [1.29, 1.82) is 5.26 Å². The van der Waals surface area contributed by atoms with E-state index in [2.05, 4.69) is 9.97 Å². The van der Waals surface area contributed by atoms with Gasteiger partial charge in [0.05, 0.1) is 5.56 Å². The molecule has 0 N–H and O–H groups in total. The Balaban J connectivity index is 3.05. The van der Waals surface area contributed by atoms with Gasteiger partial charge in [-0.1, -0.05) is 0 Å². The maximum atomic E-state index is 12.4. The van der Waals surface area contributed by atoms with E-state index in [0.29, 0.717) is 0 Å². The molecule has 1 aromatic heterocycles. The van der Waals surface area contributed by atoms with Gasteiger partial charge in [-0.05, 0) is 0 Å². The lowest BCUT2D eigenvalue weighted by Crippen LogP contribution is -2.10. The number of nitriles is 1. The Bertz CT molecular complexity index is 278. The molecule has 11 heavy (non-hydrogen) atoms. The molecule has 0 aliphatic heterocycles. The Morgan fingerprint density at radius 1 is 1.36 bits per heavy atom. The van der Waals surface area contributed by atoms with Crippen LogP contribution in [-0.2, 0) is 5.92 Å². The van der Waals surface area contributed by atoms with E-state index in [4.69, 9.17) is 5.26 Å². The van der Waals surface area contributed by atoms with Crippen LogP contribution in [0.3, 0.4) is 0 Å². The Kier molecular flexibility index (Phi) is 1.77. The van der Waals surface area contributed by atoms with Crippen LogP contribution < -0.4 is 0 Å². The molecule has 0 amide bonds. The molecule has 0 fully saturated rings. The molecule has 0 aliphatic carbocycles. The van der Waals surface area contributed by atoms with E-state index in [1.807, 2.05) is 0 Å². The van der Waals surface area contributed by atoms with Gasteiger partial charge in [-0.3, -0.25) is 0 Å². The average Bonchev–Trinajstić information content (AvgIpc) is 2.06. The zero-order valence-corrected chi connectivity index (χ0v) is 5.33. The molecule has 1 rings (SSSR count). The van der Waals surface area contributed by atoms with Crippen LogP contribution in [0.5, 0.6) is 0 Å². The van der Waals surface area contributed by atoms with E-state index < -0.39 is 11.5 Å². The van der Waals surface area contributed by atoms with E-state index in [-0.39, 0.29) is 0 Å². The molecule has 0 saturated heterocycles. The second-order valence-corrected chi connectivity index (χ2v) is 1.81. The molecule has 56 valence electrons. The van der Waals surface area contributed by atoms with Gasteiger partial charge in [0.15, 0.2) is 0 Å². The van der Waals surface area contributed by atoms with Crippen LogP contribution in [0.4, 0.5) is 8.78 Å². The maximum absolute atomic E-state index is 12.4. The first-order valence-corrected chi connectivity index (χ1v) is 2.71. The molecule has 0 bridgehead atoms. The van der Waals surface area contributed by atoms with Gasteiger partial charge in [0.1, 0.15) is 12.4 Å². The highest BCUT2D eigenvalue weighted by Gasteiger charge is 2.31. The molecule has 0 saturated carbocycles. The lowest BCUT2D eigenvalue weighted by atomic mass is 10.2. The van der Waals surface area contributed by atoms with Gasteiger partial charge < -0.3 is 0 Å². The molecule has 3 nitrogen and oxygen atoms in total. The first-order valence-electron chi connectivity index (χ1n) is 2.71. The molecule has 0 atom stereocenters. The monoisotopic (exact) mass is 155 g/mol. The highest BCUT2D eigenvalue weighted by atomic mass is 19.3. The van der Waals surface area contributed by atoms with Crippen molar-refractivity contribution in [3.8, 4) is 6.07 Å². The Morgan fingerprint density at radius 3 is 2.36 bits per heavy atom. The predicted octanol–water partition coefficient (Wildman–Crippen LogP) is 1.09. The summed E-state index contributed by atoms with van der Waals surface area (Å²) in [6.07, 6.45) is 2.95. The van der Waals surface area contributed by atoms with Crippen molar-refractivity contribution in [3.63, 3.8) is 0 Å². The van der Waals surface area contributed by atoms with Crippen molar-refractivity contribution in [1.82, 2.24) is 9.97 Å². The Labute approximate surface area is 61.3 Å². The summed E-state index contributed by atoms with van der Waals surface area (Å²) in [7, 11) is 0. The molecule has 5 heteroatoms. The van der Waals surface area contributed by atoms with Gasteiger partial charge in [0.2, 0.25) is 0 Å². The number of alkyl halides is 2. The van der Waals surface area contributed by atoms with E-state index in [1.165, 1.54) is 0 Å². The maximum Gasteiger partial charge on any atom is 0.360 e.